The first-order chi connectivity index (χ1) is 11.4. The molecule has 0 aromatic heterocycles. The van der Waals surface area contributed by atoms with Gasteiger partial charge in [0.1, 0.15) is 6.10 Å². The number of carboxylic acids is 1. The van der Waals surface area contributed by atoms with Crippen molar-refractivity contribution in [2.75, 3.05) is 0 Å². The van der Waals surface area contributed by atoms with Crippen LogP contribution in [-0.2, 0) is 9.53 Å². The summed E-state index contributed by atoms with van der Waals surface area (Å²) in [4.78, 5) is 10.4. The molecule has 0 saturated carbocycles. The Balaban J connectivity index is 2.15. The van der Waals surface area contributed by atoms with Gasteiger partial charge in [-0.25, -0.2) is 0 Å². The summed E-state index contributed by atoms with van der Waals surface area (Å²) in [6, 6.07) is 0. The van der Waals surface area contributed by atoms with Gasteiger partial charge in [-0.15, -0.1) is 0 Å². The highest BCUT2D eigenvalue weighted by Gasteiger charge is 2.35. The highest BCUT2D eigenvalue weighted by atomic mass is 16.5. The second-order valence-corrected chi connectivity index (χ2v) is 6.57. The minimum atomic E-state index is -0.749. The van der Waals surface area contributed by atoms with Gasteiger partial charge in [-0.1, -0.05) is 44.8 Å². The van der Waals surface area contributed by atoms with E-state index in [1.54, 1.807) is 12.2 Å². The standard InChI is InChI=1S/C18H32O6/c1-2-14(20)17-12-15(21)16(24-17)11-10-13(19)8-6-4-3-5-7-9-18(22)23/h10-11,13-17,19-21H,2-9,12H2,1H3,(H,22,23)/b11-10+/t13-,14+,15-,16-,17-/m1/s1. The number of aliphatic hydroxyl groups is 3. The predicted octanol–water partition coefficient (Wildman–Crippen LogP) is 2.01. The molecule has 1 aliphatic rings. The summed E-state index contributed by atoms with van der Waals surface area (Å²) in [5, 5.41) is 38.2. The Hall–Kier alpha value is -0.950. The molecule has 6 heteroatoms. The van der Waals surface area contributed by atoms with Gasteiger partial charge < -0.3 is 25.2 Å². The number of rotatable bonds is 12. The van der Waals surface area contributed by atoms with E-state index in [0.717, 1.165) is 25.7 Å². The molecule has 6 nitrogen and oxygen atoms in total. The lowest BCUT2D eigenvalue weighted by Gasteiger charge is -2.16. The largest absolute Gasteiger partial charge is 0.481 e. The van der Waals surface area contributed by atoms with Gasteiger partial charge in [0.2, 0.25) is 0 Å². The van der Waals surface area contributed by atoms with Crippen LogP contribution in [0, 0.1) is 0 Å². The Kier molecular flexibility index (Phi) is 10.2. The van der Waals surface area contributed by atoms with Gasteiger partial charge in [-0.05, 0) is 19.3 Å². The second-order valence-electron chi connectivity index (χ2n) is 6.57. The van der Waals surface area contributed by atoms with Gasteiger partial charge >= 0.3 is 5.97 Å². The number of aliphatic hydroxyl groups excluding tert-OH is 3. The molecule has 0 unspecified atom stereocenters. The van der Waals surface area contributed by atoms with Crippen LogP contribution in [0.15, 0.2) is 12.2 Å². The number of aliphatic carboxylic acids is 1. The SMILES string of the molecule is CC[C@H](O)[C@H]1C[C@@H](O)[C@@H](/C=C/[C@H](O)CCCCCCCC(=O)O)O1. The van der Waals surface area contributed by atoms with Crippen molar-refractivity contribution in [3.05, 3.63) is 12.2 Å². The van der Waals surface area contributed by atoms with E-state index in [4.69, 9.17) is 9.84 Å². The first-order valence-corrected chi connectivity index (χ1v) is 9.03. The molecule has 1 saturated heterocycles. The molecule has 0 radical (unpaired) electrons. The highest BCUT2D eigenvalue weighted by Crippen LogP contribution is 2.25. The van der Waals surface area contributed by atoms with Crippen LogP contribution < -0.4 is 0 Å². The van der Waals surface area contributed by atoms with Gasteiger partial charge in [-0.3, -0.25) is 4.79 Å². The van der Waals surface area contributed by atoms with Crippen LogP contribution in [0.3, 0.4) is 0 Å². The van der Waals surface area contributed by atoms with E-state index in [9.17, 15) is 20.1 Å². The van der Waals surface area contributed by atoms with Crippen molar-refractivity contribution in [3.8, 4) is 0 Å². The third kappa shape index (κ3) is 8.24. The zero-order chi connectivity index (χ0) is 17.9. The molecule has 0 bridgehead atoms. The molecule has 1 aliphatic heterocycles. The number of ether oxygens (including phenoxy) is 1. The molecule has 24 heavy (non-hydrogen) atoms. The number of unbranched alkanes of at least 4 members (excludes halogenated alkanes) is 4. The summed E-state index contributed by atoms with van der Waals surface area (Å²) in [5.41, 5.74) is 0. The minimum absolute atomic E-state index is 0.225. The van der Waals surface area contributed by atoms with Crippen LogP contribution in [-0.4, -0.2) is 56.9 Å². The fourth-order valence-electron chi connectivity index (χ4n) is 2.90. The first kappa shape index (κ1) is 21.1. The molecule has 1 rings (SSSR count). The highest BCUT2D eigenvalue weighted by molar-refractivity contribution is 5.66. The molecule has 4 N–H and O–H groups in total. The van der Waals surface area contributed by atoms with E-state index in [2.05, 4.69) is 0 Å². The fourth-order valence-corrected chi connectivity index (χ4v) is 2.90. The first-order valence-electron chi connectivity index (χ1n) is 9.03. The summed E-state index contributed by atoms with van der Waals surface area (Å²) in [7, 11) is 0. The Morgan fingerprint density at radius 2 is 1.88 bits per heavy atom. The fraction of sp³-hybridized carbons (Fsp3) is 0.833. The maximum atomic E-state index is 10.4. The molecule has 1 fully saturated rings. The summed E-state index contributed by atoms with van der Waals surface area (Å²) >= 11 is 0. The molecule has 1 heterocycles. The summed E-state index contributed by atoms with van der Waals surface area (Å²) < 4.78 is 5.62. The normalized spacial score (nSPS) is 26.8. The Bertz CT molecular complexity index is 384. The van der Waals surface area contributed by atoms with E-state index in [1.165, 1.54) is 0 Å². The smallest absolute Gasteiger partial charge is 0.303 e. The van der Waals surface area contributed by atoms with Crippen molar-refractivity contribution >= 4 is 5.97 Å². The number of carboxylic acid groups (broad SMARTS) is 1. The van der Waals surface area contributed by atoms with Crippen LogP contribution in [0.25, 0.3) is 0 Å². The van der Waals surface area contributed by atoms with Crippen molar-refractivity contribution in [2.45, 2.75) is 95.2 Å². The van der Waals surface area contributed by atoms with E-state index >= 15 is 0 Å². The molecule has 0 aromatic carbocycles. The van der Waals surface area contributed by atoms with Crippen LogP contribution in [0.2, 0.25) is 0 Å². The minimum Gasteiger partial charge on any atom is -0.481 e. The molecule has 0 aromatic rings. The third-order valence-electron chi connectivity index (χ3n) is 4.45. The topological polar surface area (TPSA) is 107 Å². The Labute approximate surface area is 144 Å². The van der Waals surface area contributed by atoms with Gasteiger partial charge in [0.25, 0.3) is 0 Å². The van der Waals surface area contributed by atoms with Crippen molar-refractivity contribution in [2.24, 2.45) is 0 Å². The lowest BCUT2D eigenvalue weighted by atomic mass is 10.0. The van der Waals surface area contributed by atoms with Crippen LogP contribution in [0.1, 0.15) is 64.7 Å². The zero-order valence-electron chi connectivity index (χ0n) is 14.5. The lowest BCUT2D eigenvalue weighted by Crippen LogP contribution is -2.25. The molecule has 0 aliphatic carbocycles. The summed E-state index contributed by atoms with van der Waals surface area (Å²) in [5.74, 6) is -0.749. The van der Waals surface area contributed by atoms with Crippen molar-refractivity contribution < 1.29 is 30.0 Å². The summed E-state index contributed by atoms with van der Waals surface area (Å²) in [6.45, 7) is 1.87. The van der Waals surface area contributed by atoms with E-state index in [1.807, 2.05) is 6.92 Å². The van der Waals surface area contributed by atoms with Gasteiger partial charge in [-0.2, -0.15) is 0 Å². The van der Waals surface area contributed by atoms with Crippen LogP contribution >= 0.6 is 0 Å². The Morgan fingerprint density at radius 1 is 1.21 bits per heavy atom. The van der Waals surface area contributed by atoms with E-state index in [0.29, 0.717) is 25.7 Å². The zero-order valence-corrected chi connectivity index (χ0v) is 14.5. The quantitative estimate of drug-likeness (QED) is 0.319. The second kappa shape index (κ2) is 11.6. The molecular formula is C18H32O6. The number of hydrogen-bond acceptors (Lipinski definition) is 5. The monoisotopic (exact) mass is 344 g/mol. The van der Waals surface area contributed by atoms with Gasteiger partial charge in [0.05, 0.1) is 24.4 Å². The van der Waals surface area contributed by atoms with Crippen LogP contribution in [0.4, 0.5) is 0 Å². The van der Waals surface area contributed by atoms with Crippen molar-refractivity contribution in [1.82, 2.24) is 0 Å². The van der Waals surface area contributed by atoms with Crippen LogP contribution in [0.5, 0.6) is 0 Å². The molecule has 0 amide bonds. The van der Waals surface area contributed by atoms with Gasteiger partial charge in [0.15, 0.2) is 0 Å². The predicted molar refractivity (Wildman–Crippen MR) is 90.7 cm³/mol. The molecular weight excluding hydrogens is 312 g/mol. The third-order valence-corrected chi connectivity index (χ3v) is 4.45. The number of hydrogen-bond donors (Lipinski definition) is 4. The molecule has 140 valence electrons. The van der Waals surface area contributed by atoms with Crippen molar-refractivity contribution in [1.29, 1.82) is 0 Å². The Morgan fingerprint density at radius 3 is 2.54 bits per heavy atom. The molecule has 5 atom stereocenters. The molecule has 0 spiro atoms. The summed E-state index contributed by atoms with van der Waals surface area (Å²) in [6.07, 6.45) is 7.04. The maximum absolute atomic E-state index is 10.4. The lowest BCUT2D eigenvalue weighted by molar-refractivity contribution is -0.137. The van der Waals surface area contributed by atoms with Gasteiger partial charge in [0, 0.05) is 12.8 Å². The number of carbonyl (C=O) groups is 1. The average molecular weight is 344 g/mol. The average Bonchev–Trinajstić information content (AvgIpc) is 2.92. The maximum Gasteiger partial charge on any atom is 0.303 e. The van der Waals surface area contributed by atoms with Crippen molar-refractivity contribution in [3.63, 3.8) is 0 Å². The van der Waals surface area contributed by atoms with E-state index in [-0.39, 0.29) is 12.5 Å². The van der Waals surface area contributed by atoms with E-state index < -0.39 is 30.4 Å².